The highest BCUT2D eigenvalue weighted by Gasteiger charge is 2.08. The molecule has 0 saturated carbocycles. The van der Waals surface area contributed by atoms with Crippen molar-refractivity contribution in [3.63, 3.8) is 0 Å². The van der Waals surface area contributed by atoms with Crippen LogP contribution in [0, 0.1) is 0 Å². The Kier molecular flexibility index (Phi) is 6.75. The van der Waals surface area contributed by atoms with Crippen LogP contribution in [0.2, 0.25) is 0 Å². The summed E-state index contributed by atoms with van der Waals surface area (Å²) in [7, 11) is 4.33. The van der Waals surface area contributed by atoms with Crippen LogP contribution in [0.5, 0.6) is 11.5 Å². The first-order valence-electron chi connectivity index (χ1n) is 6.56. The molecule has 7 heteroatoms. The van der Waals surface area contributed by atoms with Crippen LogP contribution < -0.4 is 20.5 Å². The van der Waals surface area contributed by atoms with Crippen molar-refractivity contribution in [3.8, 4) is 11.5 Å². The summed E-state index contributed by atoms with van der Waals surface area (Å²) in [5, 5.41) is 2.61. The number of rotatable bonds is 7. The molecule has 1 aromatic carbocycles. The fraction of sp³-hybridized carbons (Fsp3) is 0.333. The minimum absolute atomic E-state index is 0.195. The van der Waals surface area contributed by atoms with E-state index in [2.05, 4.69) is 10.1 Å². The second kappa shape index (κ2) is 8.56. The number of methoxy groups -OCH3 is 3. The molecular weight excluding hydrogens is 288 g/mol. The zero-order valence-corrected chi connectivity index (χ0v) is 12.8. The lowest BCUT2D eigenvalue weighted by molar-refractivity contribution is -0.135. The number of ether oxygens (including phenoxy) is 3. The molecule has 0 spiro atoms. The van der Waals surface area contributed by atoms with Gasteiger partial charge in [0.25, 0.3) is 5.91 Å². The number of carbonyl (C=O) groups excluding carboxylic acids is 2. The summed E-state index contributed by atoms with van der Waals surface area (Å²) in [4.78, 5) is 22.6. The van der Waals surface area contributed by atoms with Crippen molar-refractivity contribution in [1.82, 2.24) is 5.32 Å². The highest BCUT2D eigenvalue weighted by atomic mass is 16.5. The van der Waals surface area contributed by atoms with Gasteiger partial charge in [-0.15, -0.1) is 0 Å². The minimum atomic E-state index is -0.674. The Balaban J connectivity index is 2.55. The molecule has 0 radical (unpaired) electrons. The lowest BCUT2D eigenvalue weighted by Crippen LogP contribution is -2.30. The van der Waals surface area contributed by atoms with Crippen LogP contribution >= 0.6 is 0 Å². The molecule has 0 atom stereocenters. The van der Waals surface area contributed by atoms with Gasteiger partial charge >= 0.3 is 5.97 Å². The molecule has 1 amide bonds. The summed E-state index contributed by atoms with van der Waals surface area (Å²) in [5.41, 5.74) is 6.24. The van der Waals surface area contributed by atoms with Crippen molar-refractivity contribution < 1.29 is 23.8 Å². The molecule has 3 N–H and O–H groups in total. The first kappa shape index (κ1) is 17.4. The largest absolute Gasteiger partial charge is 0.493 e. The molecule has 0 unspecified atom stereocenters. The van der Waals surface area contributed by atoms with E-state index in [0.29, 0.717) is 24.5 Å². The van der Waals surface area contributed by atoms with Gasteiger partial charge in [-0.05, 0) is 24.1 Å². The van der Waals surface area contributed by atoms with Gasteiger partial charge in [-0.3, -0.25) is 4.79 Å². The van der Waals surface area contributed by atoms with Crippen LogP contribution in [0.4, 0.5) is 0 Å². The Bertz CT molecular complexity index is 569. The number of carbonyl (C=O) groups is 2. The van der Waals surface area contributed by atoms with E-state index in [0.717, 1.165) is 11.6 Å². The zero-order chi connectivity index (χ0) is 16.5. The Morgan fingerprint density at radius 3 is 2.45 bits per heavy atom. The third-order valence-corrected chi connectivity index (χ3v) is 2.88. The quantitative estimate of drug-likeness (QED) is 0.558. The van der Waals surface area contributed by atoms with Crippen LogP contribution in [-0.2, 0) is 20.7 Å². The molecule has 0 saturated heterocycles. The highest BCUT2D eigenvalue weighted by molar-refractivity contribution is 5.98. The summed E-state index contributed by atoms with van der Waals surface area (Å²) < 4.78 is 14.7. The lowest BCUT2D eigenvalue weighted by Gasteiger charge is -2.10. The number of hydrogen-bond donors (Lipinski definition) is 2. The average molecular weight is 308 g/mol. The van der Waals surface area contributed by atoms with Crippen molar-refractivity contribution >= 4 is 11.9 Å². The van der Waals surface area contributed by atoms with Crippen LogP contribution in [0.25, 0.3) is 0 Å². The molecule has 0 aliphatic carbocycles. The fourth-order valence-electron chi connectivity index (χ4n) is 1.71. The predicted octanol–water partition coefficient (Wildman–Crippen LogP) is 0.378. The van der Waals surface area contributed by atoms with Gasteiger partial charge < -0.3 is 25.3 Å². The summed E-state index contributed by atoms with van der Waals surface area (Å²) >= 11 is 0. The van der Waals surface area contributed by atoms with Gasteiger partial charge in [0.2, 0.25) is 0 Å². The van der Waals surface area contributed by atoms with Gasteiger partial charge in [0, 0.05) is 6.54 Å². The number of amides is 1. The van der Waals surface area contributed by atoms with E-state index in [9.17, 15) is 9.59 Å². The third-order valence-electron chi connectivity index (χ3n) is 2.88. The summed E-state index contributed by atoms with van der Waals surface area (Å²) in [6, 6.07) is 5.50. The number of nitrogens with two attached hydrogens (primary N) is 1. The fourth-order valence-corrected chi connectivity index (χ4v) is 1.71. The Morgan fingerprint density at radius 1 is 1.18 bits per heavy atom. The summed E-state index contributed by atoms with van der Waals surface area (Å²) in [6.45, 7) is 0.365. The molecule has 0 aliphatic rings. The third kappa shape index (κ3) is 5.01. The molecule has 0 heterocycles. The smallest absolute Gasteiger partial charge is 0.332 e. The summed E-state index contributed by atoms with van der Waals surface area (Å²) in [5.74, 6) is 0.0652. The Labute approximate surface area is 129 Å². The first-order valence-corrected chi connectivity index (χ1v) is 6.56. The number of benzene rings is 1. The molecule has 0 aromatic heterocycles. The van der Waals surface area contributed by atoms with Gasteiger partial charge in [-0.25, -0.2) is 4.79 Å². The van der Waals surface area contributed by atoms with Crippen molar-refractivity contribution in [2.45, 2.75) is 6.42 Å². The van der Waals surface area contributed by atoms with Gasteiger partial charge in [-0.2, -0.15) is 0 Å². The first-order chi connectivity index (χ1) is 10.5. The van der Waals surface area contributed by atoms with E-state index >= 15 is 0 Å². The van der Waals surface area contributed by atoms with Crippen LogP contribution in [0.3, 0.4) is 0 Å². The monoisotopic (exact) mass is 308 g/mol. The molecule has 120 valence electrons. The SMILES string of the molecule is COC(=O)C=C(N)C(=O)NCCc1ccc(OC)c(OC)c1. The van der Waals surface area contributed by atoms with E-state index < -0.39 is 11.9 Å². The standard InChI is InChI=1S/C15H20N2O5/c1-20-12-5-4-10(8-13(12)21-2)6-7-17-15(19)11(16)9-14(18)22-3/h4-5,8-9H,6-7,16H2,1-3H3,(H,17,19). The van der Waals surface area contributed by atoms with Gasteiger partial charge in [0.15, 0.2) is 11.5 Å². The Hall–Kier alpha value is -2.70. The van der Waals surface area contributed by atoms with E-state index in [1.54, 1.807) is 20.3 Å². The molecule has 7 nitrogen and oxygen atoms in total. The van der Waals surface area contributed by atoms with Crippen molar-refractivity contribution in [2.24, 2.45) is 5.73 Å². The second-order valence-electron chi connectivity index (χ2n) is 4.32. The van der Waals surface area contributed by atoms with Gasteiger partial charge in [0.1, 0.15) is 5.70 Å². The molecule has 1 rings (SSSR count). The molecule has 0 fully saturated rings. The number of nitrogens with one attached hydrogen (secondary N) is 1. The molecule has 1 aromatic rings. The molecule has 0 aliphatic heterocycles. The van der Waals surface area contributed by atoms with Crippen molar-refractivity contribution in [1.29, 1.82) is 0 Å². The van der Waals surface area contributed by atoms with Crippen molar-refractivity contribution in [3.05, 3.63) is 35.5 Å². The zero-order valence-electron chi connectivity index (χ0n) is 12.8. The average Bonchev–Trinajstić information content (AvgIpc) is 2.54. The maximum absolute atomic E-state index is 11.7. The Morgan fingerprint density at radius 2 is 1.86 bits per heavy atom. The normalized spacial score (nSPS) is 10.8. The van der Waals surface area contributed by atoms with E-state index in [1.807, 2.05) is 12.1 Å². The van der Waals surface area contributed by atoms with Gasteiger partial charge in [0.05, 0.1) is 27.4 Å². The molecular formula is C15H20N2O5. The van der Waals surface area contributed by atoms with Crippen LogP contribution in [-0.4, -0.2) is 39.8 Å². The molecule has 22 heavy (non-hydrogen) atoms. The van der Waals surface area contributed by atoms with E-state index in [1.165, 1.54) is 7.11 Å². The van der Waals surface area contributed by atoms with Crippen LogP contribution in [0.1, 0.15) is 5.56 Å². The maximum atomic E-state index is 11.7. The van der Waals surface area contributed by atoms with Crippen LogP contribution in [0.15, 0.2) is 30.0 Å². The highest BCUT2D eigenvalue weighted by Crippen LogP contribution is 2.27. The van der Waals surface area contributed by atoms with E-state index in [-0.39, 0.29) is 5.70 Å². The molecule has 0 bridgehead atoms. The number of esters is 1. The number of hydrogen-bond acceptors (Lipinski definition) is 6. The summed E-state index contributed by atoms with van der Waals surface area (Å²) in [6.07, 6.45) is 1.52. The predicted molar refractivity (Wildman–Crippen MR) is 80.5 cm³/mol. The maximum Gasteiger partial charge on any atom is 0.332 e. The second-order valence-corrected chi connectivity index (χ2v) is 4.32. The van der Waals surface area contributed by atoms with Gasteiger partial charge in [-0.1, -0.05) is 6.07 Å². The minimum Gasteiger partial charge on any atom is -0.493 e. The van der Waals surface area contributed by atoms with Crippen molar-refractivity contribution in [2.75, 3.05) is 27.9 Å². The lowest BCUT2D eigenvalue weighted by atomic mass is 10.1. The topological polar surface area (TPSA) is 99.9 Å². The van der Waals surface area contributed by atoms with E-state index in [4.69, 9.17) is 15.2 Å².